The Morgan fingerprint density at radius 2 is 2.00 bits per heavy atom. The largest absolute Gasteiger partial charge is 0.496 e. The number of hydrogen-bond donors (Lipinski definition) is 0. The van der Waals surface area contributed by atoms with Gasteiger partial charge >= 0.3 is 5.97 Å². The molecule has 0 saturated carbocycles. The molecule has 0 fully saturated rings. The number of methoxy groups -OCH3 is 1. The summed E-state index contributed by atoms with van der Waals surface area (Å²) in [5.74, 6) is 0.0716. The van der Waals surface area contributed by atoms with Gasteiger partial charge in [0.15, 0.2) is 4.80 Å². The van der Waals surface area contributed by atoms with E-state index in [0.29, 0.717) is 26.4 Å². The van der Waals surface area contributed by atoms with Crippen LogP contribution in [0.15, 0.2) is 82.0 Å². The minimum Gasteiger partial charge on any atom is -0.496 e. The molecule has 4 aromatic rings. The lowest BCUT2D eigenvalue weighted by Crippen LogP contribution is -2.40. The third-order valence-corrected chi connectivity index (χ3v) is 6.91. The number of esters is 1. The topological polar surface area (TPSA) is 82.8 Å². The van der Waals surface area contributed by atoms with Crippen LogP contribution < -0.4 is 19.6 Å². The molecule has 1 unspecified atom stereocenters. The van der Waals surface area contributed by atoms with Gasteiger partial charge < -0.3 is 9.47 Å². The maximum Gasteiger partial charge on any atom is 0.338 e. The van der Waals surface area contributed by atoms with Gasteiger partial charge in [0.2, 0.25) is 0 Å². The lowest BCUT2D eigenvalue weighted by atomic mass is 9.90. The lowest BCUT2D eigenvalue weighted by molar-refractivity contribution is -0.139. The smallest absolute Gasteiger partial charge is 0.338 e. The Morgan fingerprint density at radius 3 is 2.74 bits per heavy atom. The number of rotatable bonds is 5. The van der Waals surface area contributed by atoms with E-state index in [1.165, 1.54) is 11.3 Å². The molecule has 8 heteroatoms. The number of nitrogens with zero attached hydrogens (tertiary/aromatic N) is 3. The lowest BCUT2D eigenvalue weighted by Gasteiger charge is -2.27. The van der Waals surface area contributed by atoms with Crippen molar-refractivity contribution in [2.24, 2.45) is 4.99 Å². The van der Waals surface area contributed by atoms with Crippen LogP contribution in [0.4, 0.5) is 0 Å². The number of allylic oxidation sites excluding steroid dienone is 1. The zero-order chi connectivity index (χ0) is 24.5. The van der Waals surface area contributed by atoms with E-state index in [1.54, 1.807) is 44.0 Å². The molecule has 1 atom stereocenters. The number of carbonyl (C=O) groups excluding carboxylic acids is 1. The minimum absolute atomic E-state index is 0.209. The summed E-state index contributed by atoms with van der Waals surface area (Å²) in [6.07, 6.45) is 5.16. The van der Waals surface area contributed by atoms with Gasteiger partial charge in [0.1, 0.15) is 11.8 Å². The molecular formula is C27H23N3O4S. The van der Waals surface area contributed by atoms with Crippen molar-refractivity contribution in [2.45, 2.75) is 19.9 Å². The zero-order valence-electron chi connectivity index (χ0n) is 19.5. The summed E-state index contributed by atoms with van der Waals surface area (Å²) in [5, 5.41) is 1.86. The van der Waals surface area contributed by atoms with Crippen molar-refractivity contribution in [3.05, 3.63) is 103 Å². The van der Waals surface area contributed by atoms with Crippen LogP contribution in [0.25, 0.3) is 16.8 Å². The van der Waals surface area contributed by atoms with Gasteiger partial charge in [-0.2, -0.15) is 0 Å². The highest BCUT2D eigenvalue weighted by Gasteiger charge is 2.36. The highest BCUT2D eigenvalue weighted by molar-refractivity contribution is 7.07. The molecule has 0 amide bonds. The second kappa shape index (κ2) is 9.31. The van der Waals surface area contributed by atoms with E-state index in [1.807, 2.05) is 48.5 Å². The van der Waals surface area contributed by atoms with Crippen molar-refractivity contribution in [3.63, 3.8) is 0 Å². The number of benzene rings is 2. The maximum atomic E-state index is 13.8. The monoisotopic (exact) mass is 485 g/mol. The number of hydrogen-bond acceptors (Lipinski definition) is 7. The molecular weight excluding hydrogens is 462 g/mol. The van der Waals surface area contributed by atoms with Gasteiger partial charge in [-0.05, 0) is 48.4 Å². The van der Waals surface area contributed by atoms with Crippen LogP contribution in [0.2, 0.25) is 0 Å². The number of pyridine rings is 1. The second-order valence-corrected chi connectivity index (χ2v) is 9.00. The second-order valence-electron chi connectivity index (χ2n) is 7.99. The van der Waals surface area contributed by atoms with Gasteiger partial charge in [-0.25, -0.2) is 9.79 Å². The van der Waals surface area contributed by atoms with Crippen LogP contribution >= 0.6 is 11.3 Å². The summed E-state index contributed by atoms with van der Waals surface area (Å²) < 4.78 is 13.3. The molecule has 0 aliphatic carbocycles. The highest BCUT2D eigenvalue weighted by atomic mass is 32.1. The summed E-state index contributed by atoms with van der Waals surface area (Å²) in [6, 6.07) is 14.6. The quantitative estimate of drug-likeness (QED) is 0.405. The molecule has 1 aliphatic rings. The Kier molecular flexibility index (Phi) is 6.05. The Morgan fingerprint density at radius 1 is 1.17 bits per heavy atom. The molecule has 0 N–H and O–H groups in total. The Bertz CT molecular complexity index is 1650. The van der Waals surface area contributed by atoms with Crippen molar-refractivity contribution in [1.29, 1.82) is 0 Å². The number of ether oxygens (including phenoxy) is 2. The van der Waals surface area contributed by atoms with E-state index >= 15 is 0 Å². The molecule has 0 saturated heterocycles. The predicted octanol–water partition coefficient (Wildman–Crippen LogP) is 3.36. The third-order valence-electron chi connectivity index (χ3n) is 5.92. The first-order chi connectivity index (χ1) is 17.0. The maximum absolute atomic E-state index is 13.8. The molecule has 7 nitrogen and oxygen atoms in total. The van der Waals surface area contributed by atoms with Gasteiger partial charge in [-0.3, -0.25) is 14.3 Å². The van der Waals surface area contributed by atoms with E-state index < -0.39 is 12.0 Å². The van der Waals surface area contributed by atoms with Crippen LogP contribution in [-0.4, -0.2) is 29.2 Å². The Balaban J connectivity index is 1.86. The summed E-state index contributed by atoms with van der Waals surface area (Å²) in [6.45, 7) is 3.74. The van der Waals surface area contributed by atoms with Crippen LogP contribution in [0.5, 0.6) is 5.75 Å². The standard InChI is InChI=1S/C27H23N3O4S/c1-4-34-26(32)22-16(2)29-27-30(25(31)21(35-27)14-17-8-7-13-28-15-17)24(22)23-19-10-6-5-9-18(19)11-12-20(23)33-3/h5-15,24H,4H2,1-3H3. The van der Waals surface area contributed by atoms with Crippen molar-refractivity contribution >= 4 is 34.2 Å². The van der Waals surface area contributed by atoms with E-state index in [9.17, 15) is 9.59 Å². The molecule has 0 bridgehead atoms. The normalized spacial score (nSPS) is 15.6. The average Bonchev–Trinajstić information content (AvgIpc) is 3.17. The van der Waals surface area contributed by atoms with Crippen molar-refractivity contribution in [2.75, 3.05) is 13.7 Å². The summed E-state index contributed by atoms with van der Waals surface area (Å²) in [7, 11) is 1.58. The molecule has 5 rings (SSSR count). The van der Waals surface area contributed by atoms with Crippen LogP contribution in [-0.2, 0) is 9.53 Å². The fourth-order valence-electron chi connectivity index (χ4n) is 4.41. The molecule has 3 heterocycles. The molecule has 2 aromatic carbocycles. The van der Waals surface area contributed by atoms with Crippen molar-refractivity contribution < 1.29 is 14.3 Å². The van der Waals surface area contributed by atoms with E-state index in [-0.39, 0.29) is 12.2 Å². The van der Waals surface area contributed by atoms with E-state index in [0.717, 1.165) is 21.9 Å². The van der Waals surface area contributed by atoms with E-state index in [4.69, 9.17) is 9.47 Å². The number of thiazole rings is 1. The molecule has 176 valence electrons. The summed E-state index contributed by atoms with van der Waals surface area (Å²) in [5.41, 5.74) is 2.11. The first kappa shape index (κ1) is 22.7. The van der Waals surface area contributed by atoms with Gasteiger partial charge in [-0.1, -0.05) is 47.7 Å². The molecule has 1 aliphatic heterocycles. The summed E-state index contributed by atoms with van der Waals surface area (Å²) in [4.78, 5) is 36.3. The van der Waals surface area contributed by atoms with E-state index in [2.05, 4.69) is 9.98 Å². The first-order valence-corrected chi connectivity index (χ1v) is 12.0. The Labute approximate surface area is 205 Å². The molecule has 0 radical (unpaired) electrons. The summed E-state index contributed by atoms with van der Waals surface area (Å²) >= 11 is 1.28. The van der Waals surface area contributed by atoms with Gasteiger partial charge in [0.25, 0.3) is 5.56 Å². The molecule has 0 spiro atoms. The zero-order valence-corrected chi connectivity index (χ0v) is 20.3. The average molecular weight is 486 g/mol. The fraction of sp³-hybridized carbons (Fsp3) is 0.185. The number of fused-ring (bicyclic) bond motifs is 2. The predicted molar refractivity (Wildman–Crippen MR) is 135 cm³/mol. The van der Waals surface area contributed by atoms with Gasteiger partial charge in [0.05, 0.1) is 29.5 Å². The number of carbonyl (C=O) groups is 1. The first-order valence-electron chi connectivity index (χ1n) is 11.2. The van der Waals surface area contributed by atoms with Crippen LogP contribution in [0.3, 0.4) is 0 Å². The van der Waals surface area contributed by atoms with Crippen LogP contribution in [0.1, 0.15) is 31.0 Å². The van der Waals surface area contributed by atoms with Gasteiger partial charge in [0, 0.05) is 18.0 Å². The number of aromatic nitrogens is 2. The van der Waals surface area contributed by atoms with Crippen molar-refractivity contribution in [1.82, 2.24) is 9.55 Å². The highest BCUT2D eigenvalue weighted by Crippen LogP contribution is 2.40. The third kappa shape index (κ3) is 3.95. The van der Waals surface area contributed by atoms with Crippen molar-refractivity contribution in [3.8, 4) is 5.75 Å². The minimum atomic E-state index is -0.762. The molecule has 2 aromatic heterocycles. The fourth-order valence-corrected chi connectivity index (χ4v) is 5.46. The molecule has 35 heavy (non-hydrogen) atoms. The van der Waals surface area contributed by atoms with Gasteiger partial charge in [-0.15, -0.1) is 0 Å². The van der Waals surface area contributed by atoms with Crippen LogP contribution in [0, 0.1) is 0 Å². The Hall–Kier alpha value is -4.04. The SMILES string of the molecule is CCOC(=O)C1=C(C)N=c2sc(=Cc3cccnc3)c(=O)n2C1c1c(OC)ccc2ccccc12.